The van der Waals surface area contributed by atoms with E-state index in [4.69, 9.17) is 11.6 Å². The van der Waals surface area contributed by atoms with Crippen molar-refractivity contribution in [3.8, 4) is 0 Å². The molecule has 3 rings (SSSR count). The van der Waals surface area contributed by atoms with Crippen LogP contribution in [-0.4, -0.2) is 23.7 Å². The van der Waals surface area contributed by atoms with E-state index in [1.54, 1.807) is 12.1 Å². The molecule has 0 aromatic heterocycles. The van der Waals surface area contributed by atoms with Gasteiger partial charge in [0.1, 0.15) is 0 Å². The van der Waals surface area contributed by atoms with Gasteiger partial charge in [-0.3, -0.25) is 0 Å². The van der Waals surface area contributed by atoms with Gasteiger partial charge in [-0.2, -0.15) is 0 Å². The molecule has 20 heavy (non-hydrogen) atoms. The largest absolute Gasteiger partial charge is 0.478 e. The Morgan fingerprint density at radius 2 is 1.95 bits per heavy atom. The molecule has 1 aliphatic carbocycles. The molecule has 4 heteroatoms. The summed E-state index contributed by atoms with van der Waals surface area (Å²) in [6.07, 6.45) is 7.52. The van der Waals surface area contributed by atoms with Crippen molar-refractivity contribution in [1.82, 2.24) is 0 Å². The zero-order valence-electron chi connectivity index (χ0n) is 11.5. The van der Waals surface area contributed by atoms with Crippen molar-refractivity contribution in [2.24, 2.45) is 5.92 Å². The second-order valence-corrected chi connectivity index (χ2v) is 6.35. The van der Waals surface area contributed by atoms with Gasteiger partial charge in [0.2, 0.25) is 0 Å². The zero-order chi connectivity index (χ0) is 14.1. The van der Waals surface area contributed by atoms with Crippen molar-refractivity contribution < 1.29 is 9.90 Å². The third kappa shape index (κ3) is 2.51. The van der Waals surface area contributed by atoms with E-state index >= 15 is 0 Å². The predicted octanol–water partition coefficient (Wildman–Crippen LogP) is 4.20. The van der Waals surface area contributed by atoms with Crippen LogP contribution in [0.15, 0.2) is 18.2 Å². The summed E-state index contributed by atoms with van der Waals surface area (Å²) in [6, 6.07) is 5.60. The lowest BCUT2D eigenvalue weighted by Crippen LogP contribution is -2.35. The lowest BCUT2D eigenvalue weighted by molar-refractivity contribution is 0.0697. The maximum absolute atomic E-state index is 11.4. The smallest absolute Gasteiger partial charge is 0.337 e. The highest BCUT2D eigenvalue weighted by Gasteiger charge is 2.34. The average Bonchev–Trinajstić information content (AvgIpc) is 3.09. The zero-order valence-corrected chi connectivity index (χ0v) is 12.3. The first-order chi connectivity index (χ1) is 9.66. The molecule has 1 saturated carbocycles. The first-order valence-corrected chi connectivity index (χ1v) is 7.84. The van der Waals surface area contributed by atoms with Crippen LogP contribution in [0.1, 0.15) is 48.9 Å². The first-order valence-electron chi connectivity index (χ1n) is 7.46. The third-order valence-electron chi connectivity index (χ3n) is 4.74. The Hall–Kier alpha value is -1.22. The minimum Gasteiger partial charge on any atom is -0.478 e. The standard InChI is InChI=1S/C16H20ClNO2/c17-12-7-8-13(16(19)20)15(10-12)18-9-3-6-14(18)11-4-1-2-5-11/h7-8,10-11,14H,1-6,9H2,(H,19,20). The molecule has 1 aromatic rings. The topological polar surface area (TPSA) is 40.5 Å². The van der Waals surface area contributed by atoms with Crippen LogP contribution in [-0.2, 0) is 0 Å². The number of halogens is 1. The van der Waals surface area contributed by atoms with Gasteiger partial charge in [-0.15, -0.1) is 0 Å². The number of carbonyl (C=O) groups is 1. The van der Waals surface area contributed by atoms with Gasteiger partial charge in [-0.05, 0) is 49.8 Å². The molecular formula is C16H20ClNO2. The number of carboxylic acids is 1. The third-order valence-corrected chi connectivity index (χ3v) is 4.98. The Morgan fingerprint density at radius 1 is 1.20 bits per heavy atom. The van der Waals surface area contributed by atoms with E-state index < -0.39 is 5.97 Å². The van der Waals surface area contributed by atoms with Crippen LogP contribution in [0.2, 0.25) is 5.02 Å². The van der Waals surface area contributed by atoms with E-state index in [9.17, 15) is 9.90 Å². The number of hydrogen-bond donors (Lipinski definition) is 1. The lowest BCUT2D eigenvalue weighted by atomic mass is 9.95. The molecule has 1 heterocycles. The van der Waals surface area contributed by atoms with E-state index in [1.807, 2.05) is 6.07 Å². The quantitative estimate of drug-likeness (QED) is 0.908. The van der Waals surface area contributed by atoms with Crippen molar-refractivity contribution in [2.45, 2.75) is 44.6 Å². The normalized spacial score (nSPS) is 23.4. The molecular weight excluding hydrogens is 274 g/mol. The maximum atomic E-state index is 11.4. The first kappa shape index (κ1) is 13.7. The number of nitrogens with zero attached hydrogens (tertiary/aromatic N) is 1. The van der Waals surface area contributed by atoms with Crippen molar-refractivity contribution in [1.29, 1.82) is 0 Å². The summed E-state index contributed by atoms with van der Waals surface area (Å²) in [7, 11) is 0. The SMILES string of the molecule is O=C(O)c1ccc(Cl)cc1N1CCCC1C1CCCC1. The molecule has 1 aliphatic heterocycles. The van der Waals surface area contributed by atoms with Gasteiger partial charge >= 0.3 is 5.97 Å². The molecule has 1 unspecified atom stereocenters. The van der Waals surface area contributed by atoms with Gasteiger partial charge in [-0.1, -0.05) is 24.4 Å². The second kappa shape index (κ2) is 5.65. The van der Waals surface area contributed by atoms with Gasteiger partial charge in [0, 0.05) is 17.6 Å². The lowest BCUT2D eigenvalue weighted by Gasteiger charge is -2.32. The van der Waals surface area contributed by atoms with Crippen molar-refractivity contribution in [2.75, 3.05) is 11.4 Å². The molecule has 1 saturated heterocycles. The van der Waals surface area contributed by atoms with Crippen LogP contribution in [0.25, 0.3) is 0 Å². The number of rotatable bonds is 3. The fourth-order valence-corrected chi connectivity index (χ4v) is 4.01. The monoisotopic (exact) mass is 293 g/mol. The highest BCUT2D eigenvalue weighted by atomic mass is 35.5. The summed E-state index contributed by atoms with van der Waals surface area (Å²) in [6.45, 7) is 0.946. The Bertz CT molecular complexity index is 511. The van der Waals surface area contributed by atoms with E-state index in [0.717, 1.165) is 24.6 Å². The van der Waals surface area contributed by atoms with Gasteiger partial charge in [0.05, 0.1) is 11.3 Å². The summed E-state index contributed by atoms with van der Waals surface area (Å²) in [4.78, 5) is 13.7. The highest BCUT2D eigenvalue weighted by Crippen LogP contribution is 2.39. The number of benzene rings is 1. The van der Waals surface area contributed by atoms with Crippen molar-refractivity contribution >= 4 is 23.3 Å². The van der Waals surface area contributed by atoms with E-state index in [-0.39, 0.29) is 0 Å². The molecule has 1 aromatic carbocycles. The van der Waals surface area contributed by atoms with Crippen LogP contribution in [0.3, 0.4) is 0 Å². The van der Waals surface area contributed by atoms with Crippen LogP contribution in [0, 0.1) is 5.92 Å². The maximum Gasteiger partial charge on any atom is 0.337 e. The van der Waals surface area contributed by atoms with Crippen molar-refractivity contribution in [3.05, 3.63) is 28.8 Å². The Morgan fingerprint density at radius 3 is 2.65 bits per heavy atom. The van der Waals surface area contributed by atoms with Gasteiger partial charge in [0.25, 0.3) is 0 Å². The predicted molar refractivity (Wildman–Crippen MR) is 80.7 cm³/mol. The molecule has 1 N–H and O–H groups in total. The summed E-state index contributed by atoms with van der Waals surface area (Å²) >= 11 is 6.09. The van der Waals surface area contributed by atoms with Gasteiger partial charge < -0.3 is 10.0 Å². The summed E-state index contributed by atoms with van der Waals surface area (Å²) in [5, 5.41) is 10.0. The van der Waals surface area contributed by atoms with E-state index in [0.29, 0.717) is 16.6 Å². The Kier molecular flexibility index (Phi) is 3.88. The molecule has 2 fully saturated rings. The molecule has 108 valence electrons. The summed E-state index contributed by atoms with van der Waals surface area (Å²) in [5.41, 5.74) is 1.18. The average molecular weight is 294 g/mol. The van der Waals surface area contributed by atoms with Crippen LogP contribution in [0.5, 0.6) is 0 Å². The van der Waals surface area contributed by atoms with E-state index in [2.05, 4.69) is 4.90 Å². The molecule has 1 atom stereocenters. The number of hydrogen-bond acceptors (Lipinski definition) is 2. The molecule has 0 bridgehead atoms. The Balaban J connectivity index is 1.94. The molecule has 3 nitrogen and oxygen atoms in total. The van der Waals surface area contributed by atoms with E-state index in [1.165, 1.54) is 32.1 Å². The summed E-state index contributed by atoms with van der Waals surface area (Å²) in [5.74, 6) is -0.146. The van der Waals surface area contributed by atoms with Crippen molar-refractivity contribution in [3.63, 3.8) is 0 Å². The van der Waals surface area contributed by atoms with Gasteiger partial charge in [0.15, 0.2) is 0 Å². The number of aromatic carboxylic acids is 1. The van der Waals surface area contributed by atoms with Crippen LogP contribution in [0.4, 0.5) is 5.69 Å². The molecule has 2 aliphatic rings. The molecule has 0 radical (unpaired) electrons. The fraction of sp³-hybridized carbons (Fsp3) is 0.562. The second-order valence-electron chi connectivity index (χ2n) is 5.91. The highest BCUT2D eigenvalue weighted by molar-refractivity contribution is 6.31. The fourth-order valence-electron chi connectivity index (χ4n) is 3.85. The van der Waals surface area contributed by atoms with Gasteiger partial charge in [-0.25, -0.2) is 4.79 Å². The molecule has 0 amide bonds. The minimum absolute atomic E-state index is 0.374. The Labute approximate surface area is 124 Å². The van der Waals surface area contributed by atoms with Crippen LogP contribution < -0.4 is 4.90 Å². The summed E-state index contributed by atoms with van der Waals surface area (Å²) < 4.78 is 0. The number of carboxylic acid groups (broad SMARTS) is 1. The minimum atomic E-state index is -0.867. The van der Waals surface area contributed by atoms with Crippen LogP contribution >= 0.6 is 11.6 Å². The molecule has 0 spiro atoms. The number of anilines is 1.